The van der Waals surface area contributed by atoms with Gasteiger partial charge in [-0.05, 0) is 36.2 Å². The van der Waals surface area contributed by atoms with Gasteiger partial charge in [0, 0.05) is 27.5 Å². The van der Waals surface area contributed by atoms with Crippen LogP contribution in [0, 0.1) is 0 Å². The maximum absolute atomic E-state index is 6.14. The highest BCUT2D eigenvalue weighted by atomic mass is 79.9. The van der Waals surface area contributed by atoms with E-state index in [1.165, 1.54) is 4.88 Å². The van der Waals surface area contributed by atoms with Gasteiger partial charge in [0.1, 0.15) is 0 Å². The average molecular weight is 365 g/mol. The van der Waals surface area contributed by atoms with Gasteiger partial charge in [0.25, 0.3) is 0 Å². The molecule has 0 fully saturated rings. The monoisotopic (exact) mass is 363 g/mol. The van der Waals surface area contributed by atoms with Crippen LogP contribution in [0.5, 0.6) is 0 Å². The molecular formula is C13H12BrCl2NS. The number of hydrogen-bond donors (Lipinski definition) is 1. The molecular weight excluding hydrogens is 353 g/mol. The first-order valence-electron chi connectivity index (χ1n) is 5.54. The zero-order valence-electron chi connectivity index (χ0n) is 9.55. The lowest BCUT2D eigenvalue weighted by atomic mass is 10.2. The Labute approximate surface area is 129 Å². The van der Waals surface area contributed by atoms with Crippen LogP contribution < -0.4 is 5.32 Å². The fourth-order valence-electron chi connectivity index (χ4n) is 1.59. The van der Waals surface area contributed by atoms with Crippen LogP contribution in [-0.2, 0) is 13.0 Å². The van der Waals surface area contributed by atoms with Gasteiger partial charge in [-0.1, -0.05) is 45.2 Å². The fourth-order valence-corrected chi connectivity index (χ4v) is 3.41. The summed E-state index contributed by atoms with van der Waals surface area (Å²) in [5.74, 6) is 0. The van der Waals surface area contributed by atoms with Crippen molar-refractivity contribution in [3.63, 3.8) is 0 Å². The van der Waals surface area contributed by atoms with Gasteiger partial charge in [-0.2, -0.15) is 0 Å². The molecule has 1 heterocycles. The van der Waals surface area contributed by atoms with Crippen molar-refractivity contribution in [2.45, 2.75) is 13.0 Å². The Morgan fingerprint density at radius 1 is 1.17 bits per heavy atom. The topological polar surface area (TPSA) is 12.0 Å². The lowest BCUT2D eigenvalue weighted by molar-refractivity contribution is 0.691. The smallest absolute Gasteiger partial charge is 0.0931 e. The van der Waals surface area contributed by atoms with Crippen LogP contribution in [0.15, 0.2) is 34.8 Å². The number of halogens is 3. The minimum absolute atomic E-state index is 0.783. The standard InChI is InChI=1S/C13H12BrCl2NS/c14-10-2-1-9(12(15)7-10)8-17-6-5-11-3-4-13(16)18-11/h1-4,7,17H,5-6,8H2. The maximum atomic E-state index is 6.14. The summed E-state index contributed by atoms with van der Waals surface area (Å²) >= 11 is 17.1. The van der Waals surface area contributed by atoms with E-state index in [1.807, 2.05) is 24.3 Å². The van der Waals surface area contributed by atoms with E-state index in [2.05, 4.69) is 27.3 Å². The van der Waals surface area contributed by atoms with Gasteiger partial charge >= 0.3 is 0 Å². The van der Waals surface area contributed by atoms with E-state index in [9.17, 15) is 0 Å². The molecule has 1 N–H and O–H groups in total. The lowest BCUT2D eigenvalue weighted by Crippen LogP contribution is -2.16. The molecule has 0 bridgehead atoms. The van der Waals surface area contributed by atoms with Gasteiger partial charge in [-0.3, -0.25) is 0 Å². The second-order valence-corrected chi connectivity index (χ2v) is 6.99. The molecule has 2 rings (SSSR count). The highest BCUT2D eigenvalue weighted by Gasteiger charge is 2.01. The summed E-state index contributed by atoms with van der Waals surface area (Å²) in [5.41, 5.74) is 1.11. The van der Waals surface area contributed by atoms with Crippen molar-refractivity contribution in [2.24, 2.45) is 0 Å². The second-order valence-electron chi connectivity index (χ2n) is 3.87. The zero-order chi connectivity index (χ0) is 13.0. The van der Waals surface area contributed by atoms with Crippen LogP contribution in [0.2, 0.25) is 9.36 Å². The van der Waals surface area contributed by atoms with Crippen molar-refractivity contribution >= 4 is 50.5 Å². The fraction of sp³-hybridized carbons (Fsp3) is 0.231. The van der Waals surface area contributed by atoms with Crippen molar-refractivity contribution in [3.8, 4) is 0 Å². The first kappa shape index (κ1) is 14.4. The van der Waals surface area contributed by atoms with Gasteiger partial charge in [0.05, 0.1) is 4.34 Å². The quantitative estimate of drug-likeness (QED) is 0.723. The van der Waals surface area contributed by atoms with Crippen LogP contribution in [0.4, 0.5) is 0 Å². The van der Waals surface area contributed by atoms with Crippen LogP contribution in [0.1, 0.15) is 10.4 Å². The Hall–Kier alpha value is -0.0600. The summed E-state index contributed by atoms with van der Waals surface area (Å²) in [6, 6.07) is 9.95. The van der Waals surface area contributed by atoms with E-state index >= 15 is 0 Å². The van der Waals surface area contributed by atoms with Gasteiger partial charge in [0.15, 0.2) is 0 Å². The van der Waals surface area contributed by atoms with Crippen molar-refractivity contribution in [2.75, 3.05) is 6.54 Å². The molecule has 0 aliphatic carbocycles. The molecule has 0 amide bonds. The summed E-state index contributed by atoms with van der Waals surface area (Å²) in [5, 5.41) is 4.17. The Morgan fingerprint density at radius 2 is 2.00 bits per heavy atom. The third-order valence-corrected chi connectivity index (χ3v) is 4.64. The van der Waals surface area contributed by atoms with Crippen molar-refractivity contribution in [1.82, 2.24) is 5.32 Å². The van der Waals surface area contributed by atoms with Crippen molar-refractivity contribution < 1.29 is 0 Å². The Morgan fingerprint density at radius 3 is 2.67 bits per heavy atom. The van der Waals surface area contributed by atoms with E-state index in [0.29, 0.717) is 0 Å². The highest BCUT2D eigenvalue weighted by molar-refractivity contribution is 9.10. The van der Waals surface area contributed by atoms with Gasteiger partial charge in [0.2, 0.25) is 0 Å². The summed E-state index contributed by atoms with van der Waals surface area (Å²) in [7, 11) is 0. The lowest BCUT2D eigenvalue weighted by Gasteiger charge is -2.06. The Kier molecular flexibility index (Phi) is 5.52. The molecule has 2 aromatic rings. The van der Waals surface area contributed by atoms with Crippen molar-refractivity contribution in [1.29, 1.82) is 0 Å². The van der Waals surface area contributed by atoms with Crippen LogP contribution in [0.25, 0.3) is 0 Å². The van der Waals surface area contributed by atoms with E-state index in [4.69, 9.17) is 23.2 Å². The number of benzene rings is 1. The highest BCUT2D eigenvalue weighted by Crippen LogP contribution is 2.22. The minimum Gasteiger partial charge on any atom is -0.312 e. The number of hydrogen-bond acceptors (Lipinski definition) is 2. The number of thiophene rings is 1. The maximum Gasteiger partial charge on any atom is 0.0931 e. The van der Waals surface area contributed by atoms with Gasteiger partial charge < -0.3 is 5.32 Å². The summed E-state index contributed by atoms with van der Waals surface area (Å²) in [4.78, 5) is 1.30. The SMILES string of the molecule is Clc1ccc(CCNCc2ccc(Br)cc2Cl)s1. The van der Waals surface area contributed by atoms with E-state index < -0.39 is 0 Å². The average Bonchev–Trinajstić information content (AvgIpc) is 2.73. The Balaban J connectivity index is 1.78. The van der Waals surface area contributed by atoms with E-state index in [-0.39, 0.29) is 0 Å². The zero-order valence-corrected chi connectivity index (χ0v) is 13.5. The minimum atomic E-state index is 0.783. The molecule has 0 atom stereocenters. The summed E-state index contributed by atoms with van der Waals surface area (Å²) in [6.45, 7) is 1.70. The predicted molar refractivity (Wildman–Crippen MR) is 83.9 cm³/mol. The van der Waals surface area contributed by atoms with Crippen LogP contribution in [-0.4, -0.2) is 6.54 Å². The molecule has 0 saturated heterocycles. The molecule has 0 aliphatic heterocycles. The Bertz CT molecular complexity index is 527. The van der Waals surface area contributed by atoms with E-state index in [0.717, 1.165) is 38.9 Å². The van der Waals surface area contributed by atoms with Gasteiger partial charge in [-0.25, -0.2) is 0 Å². The first-order chi connectivity index (χ1) is 8.65. The molecule has 96 valence electrons. The molecule has 1 aromatic heterocycles. The van der Waals surface area contributed by atoms with E-state index in [1.54, 1.807) is 11.3 Å². The first-order valence-corrected chi connectivity index (χ1v) is 7.90. The molecule has 1 aromatic carbocycles. The molecule has 0 radical (unpaired) electrons. The largest absolute Gasteiger partial charge is 0.312 e. The van der Waals surface area contributed by atoms with Crippen LogP contribution in [0.3, 0.4) is 0 Å². The molecule has 0 saturated carbocycles. The summed E-state index contributed by atoms with van der Waals surface area (Å²) < 4.78 is 1.85. The number of nitrogens with one attached hydrogen (secondary N) is 1. The molecule has 5 heteroatoms. The predicted octanol–water partition coefficient (Wildman–Crippen LogP) is 5.15. The van der Waals surface area contributed by atoms with Gasteiger partial charge in [-0.15, -0.1) is 11.3 Å². The third kappa shape index (κ3) is 4.25. The molecule has 0 aliphatic rings. The number of rotatable bonds is 5. The second kappa shape index (κ2) is 6.92. The van der Waals surface area contributed by atoms with Crippen LogP contribution >= 0.6 is 50.5 Å². The van der Waals surface area contributed by atoms with Crippen molar-refractivity contribution in [3.05, 3.63) is 54.6 Å². The molecule has 18 heavy (non-hydrogen) atoms. The molecule has 0 unspecified atom stereocenters. The molecule has 1 nitrogen and oxygen atoms in total. The normalized spacial score (nSPS) is 10.8. The summed E-state index contributed by atoms with van der Waals surface area (Å²) in [6.07, 6.45) is 0.992. The molecule has 0 spiro atoms. The third-order valence-electron chi connectivity index (χ3n) is 2.51.